The number of thiophene rings is 1. The lowest BCUT2D eigenvalue weighted by atomic mass is 9.92. The molecule has 0 amide bonds. The largest absolute Gasteiger partial charge is 0.455 e. The third-order valence-electron chi connectivity index (χ3n) is 12.8. The fourth-order valence-electron chi connectivity index (χ4n) is 9.98. The Bertz CT molecular complexity index is 3500. The smallest absolute Gasteiger partial charge is 0.179 e. The van der Waals surface area contributed by atoms with Gasteiger partial charge in [-0.3, -0.25) is 0 Å². The van der Waals surface area contributed by atoms with E-state index in [0.29, 0.717) is 0 Å². The lowest BCUT2D eigenvalue weighted by Crippen LogP contribution is -2.74. The summed E-state index contributed by atoms with van der Waals surface area (Å²) in [7, 11) is -2.75. The summed E-state index contributed by atoms with van der Waals surface area (Å²) < 4.78 is 9.27. The van der Waals surface area contributed by atoms with Crippen LogP contribution >= 0.6 is 11.3 Å². The molecule has 64 heavy (non-hydrogen) atoms. The van der Waals surface area contributed by atoms with Crippen molar-refractivity contribution in [3.8, 4) is 22.3 Å². The number of hydrogen-bond donors (Lipinski definition) is 0. The van der Waals surface area contributed by atoms with Crippen molar-refractivity contribution in [3.05, 3.63) is 249 Å². The molecule has 0 spiro atoms. The van der Waals surface area contributed by atoms with E-state index < -0.39 is 8.07 Å². The summed E-state index contributed by atoms with van der Waals surface area (Å²) in [5.41, 5.74) is 9.57. The Morgan fingerprint density at radius 1 is 0.359 bits per heavy atom. The average Bonchev–Trinajstić information content (AvgIpc) is 3.95. The summed E-state index contributed by atoms with van der Waals surface area (Å²) in [5.74, 6) is 0. The molecule has 2 aromatic heterocycles. The van der Waals surface area contributed by atoms with Gasteiger partial charge in [0, 0.05) is 43.2 Å². The molecule has 12 aromatic rings. The zero-order valence-electron chi connectivity index (χ0n) is 34.9. The number of nitrogens with zero attached hydrogens (tertiary/aromatic N) is 1. The molecule has 10 aromatic carbocycles. The maximum atomic E-state index is 6.74. The molecule has 0 fully saturated rings. The minimum absolute atomic E-state index is 0.890. The third kappa shape index (κ3) is 6.22. The fraction of sp³-hybridized carbons (Fsp3) is 0. The monoisotopic (exact) mass is 851 g/mol. The van der Waals surface area contributed by atoms with Crippen molar-refractivity contribution >= 4 is 99.3 Å². The molecule has 0 saturated carbocycles. The number of rotatable bonds is 9. The van der Waals surface area contributed by atoms with Crippen molar-refractivity contribution in [2.24, 2.45) is 0 Å². The second kappa shape index (κ2) is 15.9. The summed E-state index contributed by atoms with van der Waals surface area (Å²) in [6, 6.07) is 91.1. The first kappa shape index (κ1) is 38.0. The van der Waals surface area contributed by atoms with Crippen LogP contribution in [0, 0.1) is 0 Å². The van der Waals surface area contributed by atoms with E-state index in [2.05, 4.69) is 248 Å². The lowest BCUT2D eigenvalue weighted by Gasteiger charge is -2.35. The molecule has 302 valence electrons. The van der Waals surface area contributed by atoms with E-state index in [1.54, 1.807) is 0 Å². The first-order chi connectivity index (χ1) is 31.8. The van der Waals surface area contributed by atoms with E-state index in [0.717, 1.165) is 61.3 Å². The summed E-state index contributed by atoms with van der Waals surface area (Å²) in [6.07, 6.45) is 0. The molecule has 0 saturated heterocycles. The molecule has 2 heterocycles. The normalized spacial score (nSPS) is 11.8. The van der Waals surface area contributed by atoms with Gasteiger partial charge >= 0.3 is 0 Å². The van der Waals surface area contributed by atoms with Gasteiger partial charge in [-0.25, -0.2) is 0 Å². The van der Waals surface area contributed by atoms with Gasteiger partial charge in [-0.15, -0.1) is 11.3 Å². The third-order valence-corrected chi connectivity index (χ3v) is 18.9. The zero-order chi connectivity index (χ0) is 42.5. The van der Waals surface area contributed by atoms with Crippen molar-refractivity contribution in [2.75, 3.05) is 4.90 Å². The molecule has 0 aliphatic heterocycles. The Morgan fingerprint density at radius 2 is 0.891 bits per heavy atom. The lowest BCUT2D eigenvalue weighted by molar-refractivity contribution is 0.670. The van der Waals surface area contributed by atoms with Crippen LogP contribution in [0.3, 0.4) is 0 Å². The van der Waals surface area contributed by atoms with Crippen LogP contribution in [0.15, 0.2) is 253 Å². The molecule has 0 aliphatic carbocycles. The van der Waals surface area contributed by atoms with Crippen molar-refractivity contribution in [1.29, 1.82) is 0 Å². The summed E-state index contributed by atoms with van der Waals surface area (Å²) in [6.45, 7) is 0. The highest BCUT2D eigenvalue weighted by molar-refractivity contribution is 7.26. The molecular weight excluding hydrogens is 811 g/mol. The average molecular weight is 852 g/mol. The molecular formula is C60H41NOSSi. The Balaban J connectivity index is 1.11. The van der Waals surface area contributed by atoms with Gasteiger partial charge in [-0.2, -0.15) is 0 Å². The van der Waals surface area contributed by atoms with Crippen molar-refractivity contribution in [2.45, 2.75) is 0 Å². The van der Waals surface area contributed by atoms with Gasteiger partial charge in [-0.1, -0.05) is 206 Å². The molecule has 0 unspecified atom stereocenters. The number of fused-ring (bicyclic) bond motifs is 6. The van der Waals surface area contributed by atoms with Gasteiger partial charge in [0.2, 0.25) is 0 Å². The number of anilines is 3. The Kier molecular flexibility index (Phi) is 9.40. The minimum atomic E-state index is -2.75. The first-order valence-electron chi connectivity index (χ1n) is 21.8. The zero-order valence-corrected chi connectivity index (χ0v) is 36.8. The quantitative estimate of drug-likeness (QED) is 0.106. The number of furan rings is 1. The molecule has 0 aliphatic rings. The Morgan fingerprint density at radius 3 is 1.58 bits per heavy atom. The standard InChI is InChI=1S/C60H41NOSSi/c1-5-19-42(20-6-1)49-40-37-44(41-55(49)53-30-17-29-52-50-27-13-15-33-57(50)62-59(52)53)61(56-32-18-31-54-51-28-14-16-34-58(51)63-60(54)56)43-35-38-48(39-36-43)64(45-21-7-2-8-22-45,46-23-9-3-10-24-46)47-25-11-4-12-26-47/h1-41H. The topological polar surface area (TPSA) is 16.4 Å². The van der Waals surface area contributed by atoms with E-state index >= 15 is 0 Å². The Hall–Kier alpha value is -7.76. The Labute approximate surface area is 377 Å². The maximum Gasteiger partial charge on any atom is 0.179 e. The van der Waals surface area contributed by atoms with Crippen LogP contribution in [-0.2, 0) is 0 Å². The van der Waals surface area contributed by atoms with Crippen LogP contribution in [0.25, 0.3) is 64.4 Å². The van der Waals surface area contributed by atoms with Crippen LogP contribution in [-0.4, -0.2) is 8.07 Å². The number of hydrogen-bond acceptors (Lipinski definition) is 3. The predicted octanol–water partition coefficient (Wildman–Crippen LogP) is 14.1. The summed E-state index contributed by atoms with van der Waals surface area (Å²) >= 11 is 1.86. The van der Waals surface area contributed by atoms with Gasteiger partial charge in [-0.05, 0) is 79.9 Å². The highest BCUT2D eigenvalue weighted by Crippen LogP contribution is 2.47. The second-order valence-electron chi connectivity index (χ2n) is 16.4. The van der Waals surface area contributed by atoms with Gasteiger partial charge < -0.3 is 9.32 Å². The van der Waals surface area contributed by atoms with Gasteiger partial charge in [0.15, 0.2) is 8.07 Å². The summed E-state index contributed by atoms with van der Waals surface area (Å²) in [4.78, 5) is 2.47. The predicted molar refractivity (Wildman–Crippen MR) is 276 cm³/mol. The molecule has 2 nitrogen and oxygen atoms in total. The SMILES string of the molecule is c1ccc(-c2ccc(N(c3ccc([Si](c4ccccc4)(c4ccccc4)c4ccccc4)cc3)c3cccc4c3sc3ccccc34)cc2-c2cccc3c2oc2ccccc23)cc1. The fourth-order valence-corrected chi connectivity index (χ4v) is 15.9. The van der Waals surface area contributed by atoms with Crippen LogP contribution in [0.2, 0.25) is 0 Å². The van der Waals surface area contributed by atoms with Crippen LogP contribution < -0.4 is 25.6 Å². The van der Waals surface area contributed by atoms with E-state index in [9.17, 15) is 0 Å². The van der Waals surface area contributed by atoms with Gasteiger partial charge in [0.05, 0.1) is 10.4 Å². The first-order valence-corrected chi connectivity index (χ1v) is 24.6. The van der Waals surface area contributed by atoms with Crippen molar-refractivity contribution in [1.82, 2.24) is 0 Å². The van der Waals surface area contributed by atoms with Crippen LogP contribution in [0.1, 0.15) is 0 Å². The molecule has 0 atom stereocenters. The number of benzene rings is 10. The maximum absolute atomic E-state index is 6.74. The number of para-hydroxylation sites is 2. The van der Waals surface area contributed by atoms with Gasteiger partial charge in [0.25, 0.3) is 0 Å². The highest BCUT2D eigenvalue weighted by atomic mass is 32.1. The van der Waals surface area contributed by atoms with Crippen LogP contribution in [0.4, 0.5) is 17.1 Å². The molecule has 12 rings (SSSR count). The van der Waals surface area contributed by atoms with Gasteiger partial charge in [0.1, 0.15) is 11.2 Å². The molecule has 0 radical (unpaired) electrons. The minimum Gasteiger partial charge on any atom is -0.455 e. The van der Waals surface area contributed by atoms with Crippen molar-refractivity contribution in [3.63, 3.8) is 0 Å². The summed E-state index contributed by atoms with van der Waals surface area (Å²) in [5, 5.41) is 10.2. The molecule has 0 bridgehead atoms. The van der Waals surface area contributed by atoms with E-state index in [1.165, 1.54) is 40.9 Å². The van der Waals surface area contributed by atoms with E-state index in [4.69, 9.17) is 4.42 Å². The second-order valence-corrected chi connectivity index (χ2v) is 21.2. The van der Waals surface area contributed by atoms with E-state index in [1.807, 2.05) is 17.4 Å². The van der Waals surface area contributed by atoms with Crippen molar-refractivity contribution < 1.29 is 4.42 Å². The molecule has 0 N–H and O–H groups in total. The highest BCUT2D eigenvalue weighted by Gasteiger charge is 2.41. The van der Waals surface area contributed by atoms with Crippen LogP contribution in [0.5, 0.6) is 0 Å². The van der Waals surface area contributed by atoms with E-state index in [-0.39, 0.29) is 0 Å². The molecule has 4 heteroatoms.